The highest BCUT2D eigenvalue weighted by molar-refractivity contribution is 4.72. The number of unbranched alkanes of at least 4 members (excludes halogenated alkanes) is 1. The molecule has 1 saturated carbocycles. The number of ether oxygens (including phenoxy) is 2. The topological polar surface area (TPSA) is 18.5 Å². The summed E-state index contributed by atoms with van der Waals surface area (Å²) in [4.78, 5) is 0. The van der Waals surface area contributed by atoms with Crippen LogP contribution in [-0.2, 0) is 9.47 Å². The number of alkyl halides is 1. The van der Waals surface area contributed by atoms with E-state index >= 15 is 0 Å². The molecule has 1 aliphatic carbocycles. The van der Waals surface area contributed by atoms with E-state index in [0.29, 0.717) is 6.10 Å². The molecule has 0 bridgehead atoms. The maximum absolute atomic E-state index is 11.9. The number of rotatable bonds is 6. The van der Waals surface area contributed by atoms with Gasteiger partial charge in [0.15, 0.2) is 6.86 Å². The van der Waals surface area contributed by atoms with Crippen molar-refractivity contribution in [2.24, 2.45) is 0 Å². The van der Waals surface area contributed by atoms with Crippen molar-refractivity contribution in [1.82, 2.24) is 0 Å². The van der Waals surface area contributed by atoms with Gasteiger partial charge in [-0.2, -0.15) is 0 Å². The van der Waals surface area contributed by atoms with E-state index in [4.69, 9.17) is 9.47 Å². The molecule has 2 nitrogen and oxygen atoms in total. The Morgan fingerprint density at radius 1 is 1.07 bits per heavy atom. The van der Waals surface area contributed by atoms with Crippen molar-refractivity contribution in [3.8, 4) is 0 Å². The first kappa shape index (κ1) is 11.9. The standard InChI is InChI=1S/C11H21FO2/c1-2-3-8-13-10-4-6-11(7-5-10)14-9-12/h10-11H,2-9H2,1H3. The van der Waals surface area contributed by atoms with Crippen LogP contribution in [0.3, 0.4) is 0 Å². The van der Waals surface area contributed by atoms with E-state index in [-0.39, 0.29) is 6.10 Å². The van der Waals surface area contributed by atoms with Crippen molar-refractivity contribution in [2.75, 3.05) is 13.5 Å². The van der Waals surface area contributed by atoms with E-state index in [0.717, 1.165) is 38.7 Å². The first-order chi connectivity index (χ1) is 6.86. The third-order valence-electron chi connectivity index (χ3n) is 2.77. The average molecular weight is 204 g/mol. The maximum atomic E-state index is 11.9. The molecule has 1 aliphatic rings. The van der Waals surface area contributed by atoms with Gasteiger partial charge in [-0.3, -0.25) is 0 Å². The Morgan fingerprint density at radius 3 is 2.14 bits per heavy atom. The molecule has 0 atom stereocenters. The second kappa shape index (κ2) is 7.18. The molecule has 0 spiro atoms. The third kappa shape index (κ3) is 4.38. The molecule has 0 saturated heterocycles. The van der Waals surface area contributed by atoms with E-state index in [2.05, 4.69) is 6.92 Å². The van der Waals surface area contributed by atoms with Gasteiger partial charge in [0.2, 0.25) is 0 Å². The van der Waals surface area contributed by atoms with Crippen LogP contribution in [0.4, 0.5) is 4.39 Å². The molecule has 0 aliphatic heterocycles. The second-order valence-electron chi connectivity index (χ2n) is 3.90. The van der Waals surface area contributed by atoms with Crippen molar-refractivity contribution < 1.29 is 13.9 Å². The first-order valence-corrected chi connectivity index (χ1v) is 5.66. The van der Waals surface area contributed by atoms with Gasteiger partial charge in [0.05, 0.1) is 12.2 Å². The summed E-state index contributed by atoms with van der Waals surface area (Å²) in [6.45, 7) is 2.39. The predicted molar refractivity (Wildman–Crippen MR) is 54.0 cm³/mol. The summed E-state index contributed by atoms with van der Waals surface area (Å²) in [5.41, 5.74) is 0. The van der Waals surface area contributed by atoms with Gasteiger partial charge in [-0.1, -0.05) is 13.3 Å². The Bertz CT molecular complexity index is 133. The zero-order chi connectivity index (χ0) is 10.2. The molecular weight excluding hydrogens is 183 g/mol. The van der Waals surface area contributed by atoms with Crippen LogP contribution in [0.1, 0.15) is 45.4 Å². The van der Waals surface area contributed by atoms with Gasteiger partial charge >= 0.3 is 0 Å². The molecule has 0 unspecified atom stereocenters. The fraction of sp³-hybridized carbons (Fsp3) is 1.00. The minimum Gasteiger partial charge on any atom is -0.378 e. The first-order valence-electron chi connectivity index (χ1n) is 5.66. The van der Waals surface area contributed by atoms with E-state index in [1.807, 2.05) is 0 Å². The average Bonchev–Trinajstić information content (AvgIpc) is 2.21. The van der Waals surface area contributed by atoms with Crippen LogP contribution in [0.2, 0.25) is 0 Å². The summed E-state index contributed by atoms with van der Waals surface area (Å²) in [7, 11) is 0. The van der Waals surface area contributed by atoms with Gasteiger partial charge in [0, 0.05) is 6.61 Å². The molecule has 14 heavy (non-hydrogen) atoms. The largest absolute Gasteiger partial charge is 0.378 e. The molecule has 84 valence electrons. The van der Waals surface area contributed by atoms with E-state index in [1.165, 1.54) is 6.42 Å². The van der Waals surface area contributed by atoms with Gasteiger partial charge in [-0.15, -0.1) is 0 Å². The van der Waals surface area contributed by atoms with Crippen molar-refractivity contribution in [3.05, 3.63) is 0 Å². The van der Waals surface area contributed by atoms with Gasteiger partial charge < -0.3 is 9.47 Å². The minimum atomic E-state index is -0.647. The van der Waals surface area contributed by atoms with E-state index in [1.54, 1.807) is 0 Å². The van der Waals surface area contributed by atoms with Crippen LogP contribution in [0, 0.1) is 0 Å². The summed E-state index contributed by atoms with van der Waals surface area (Å²) in [6, 6.07) is 0. The number of hydrogen-bond donors (Lipinski definition) is 0. The Kier molecular flexibility index (Phi) is 6.12. The monoisotopic (exact) mass is 204 g/mol. The Balaban J connectivity index is 2.03. The molecule has 0 aromatic rings. The normalized spacial score (nSPS) is 27.9. The van der Waals surface area contributed by atoms with E-state index < -0.39 is 6.86 Å². The van der Waals surface area contributed by atoms with Crippen molar-refractivity contribution in [2.45, 2.75) is 57.7 Å². The van der Waals surface area contributed by atoms with Crippen molar-refractivity contribution >= 4 is 0 Å². The van der Waals surface area contributed by atoms with Crippen LogP contribution in [-0.4, -0.2) is 25.7 Å². The predicted octanol–water partition coefficient (Wildman–Crippen LogP) is 3.06. The van der Waals surface area contributed by atoms with Crippen molar-refractivity contribution in [1.29, 1.82) is 0 Å². The van der Waals surface area contributed by atoms with Crippen LogP contribution in [0.25, 0.3) is 0 Å². The van der Waals surface area contributed by atoms with Gasteiger partial charge in [0.1, 0.15) is 0 Å². The lowest BCUT2D eigenvalue weighted by Gasteiger charge is -2.27. The molecular formula is C11H21FO2. The van der Waals surface area contributed by atoms with Crippen LogP contribution in [0.5, 0.6) is 0 Å². The van der Waals surface area contributed by atoms with Crippen molar-refractivity contribution in [3.63, 3.8) is 0 Å². The lowest BCUT2D eigenvalue weighted by atomic mass is 9.95. The fourth-order valence-corrected chi connectivity index (χ4v) is 1.85. The fourth-order valence-electron chi connectivity index (χ4n) is 1.85. The molecule has 3 heteroatoms. The third-order valence-corrected chi connectivity index (χ3v) is 2.77. The number of halogens is 1. The van der Waals surface area contributed by atoms with Gasteiger partial charge in [0.25, 0.3) is 0 Å². The maximum Gasteiger partial charge on any atom is 0.188 e. The smallest absolute Gasteiger partial charge is 0.188 e. The quantitative estimate of drug-likeness (QED) is 0.619. The number of hydrogen-bond acceptors (Lipinski definition) is 2. The zero-order valence-electron chi connectivity index (χ0n) is 9.01. The van der Waals surface area contributed by atoms with Crippen LogP contribution >= 0.6 is 0 Å². The molecule has 0 aromatic heterocycles. The second-order valence-corrected chi connectivity index (χ2v) is 3.90. The SMILES string of the molecule is CCCCOC1CCC(OCF)CC1. The Labute approximate surface area is 85.8 Å². The van der Waals surface area contributed by atoms with Crippen LogP contribution < -0.4 is 0 Å². The minimum absolute atomic E-state index is 0.131. The lowest BCUT2D eigenvalue weighted by molar-refractivity contribution is -0.0562. The van der Waals surface area contributed by atoms with Gasteiger partial charge in [-0.25, -0.2) is 4.39 Å². The summed E-state index contributed by atoms with van der Waals surface area (Å²) in [5.74, 6) is 0. The summed E-state index contributed by atoms with van der Waals surface area (Å²) >= 11 is 0. The summed E-state index contributed by atoms with van der Waals surface area (Å²) in [6.07, 6.45) is 6.78. The highest BCUT2D eigenvalue weighted by Crippen LogP contribution is 2.23. The zero-order valence-corrected chi connectivity index (χ0v) is 9.01. The molecule has 1 fully saturated rings. The Hall–Kier alpha value is -0.150. The highest BCUT2D eigenvalue weighted by atomic mass is 19.1. The van der Waals surface area contributed by atoms with Gasteiger partial charge in [-0.05, 0) is 32.1 Å². The Morgan fingerprint density at radius 2 is 1.64 bits per heavy atom. The highest BCUT2D eigenvalue weighted by Gasteiger charge is 2.21. The summed E-state index contributed by atoms with van der Waals surface area (Å²) < 4.78 is 22.5. The molecule has 0 heterocycles. The molecule has 1 rings (SSSR count). The molecule has 0 aromatic carbocycles. The lowest BCUT2D eigenvalue weighted by Crippen LogP contribution is -2.26. The summed E-state index contributed by atoms with van der Waals surface area (Å²) in [5, 5.41) is 0. The van der Waals surface area contributed by atoms with E-state index in [9.17, 15) is 4.39 Å². The molecule has 0 radical (unpaired) electrons. The molecule has 0 N–H and O–H groups in total. The van der Waals surface area contributed by atoms with Crippen LogP contribution in [0.15, 0.2) is 0 Å². The molecule has 0 amide bonds.